The van der Waals surface area contributed by atoms with E-state index in [1.807, 2.05) is 4.90 Å². The molecule has 2 heterocycles. The predicted octanol–water partition coefficient (Wildman–Crippen LogP) is -0.601. The number of rotatable bonds is 3. The summed E-state index contributed by atoms with van der Waals surface area (Å²) in [6, 6.07) is 3.21. The van der Waals surface area contributed by atoms with Gasteiger partial charge in [0.25, 0.3) is 0 Å². The Balaban J connectivity index is 2.40. The van der Waals surface area contributed by atoms with E-state index in [0.29, 0.717) is 5.82 Å². The molecule has 1 saturated heterocycles. The monoisotopic (exact) mass is 256 g/mol. The molecule has 94 valence electrons. The van der Waals surface area contributed by atoms with Crippen LogP contribution in [0.4, 0.5) is 5.82 Å². The van der Waals surface area contributed by atoms with Gasteiger partial charge < -0.3 is 10.2 Å². The van der Waals surface area contributed by atoms with E-state index in [0.717, 1.165) is 26.2 Å². The lowest BCUT2D eigenvalue weighted by atomic mass is 10.3. The lowest BCUT2D eigenvalue weighted by Crippen LogP contribution is -2.44. The summed E-state index contributed by atoms with van der Waals surface area (Å²) >= 11 is 0. The van der Waals surface area contributed by atoms with Gasteiger partial charge in [-0.1, -0.05) is 0 Å². The molecule has 0 unspecified atom stereocenters. The number of sulfonamides is 1. The molecule has 1 fully saturated rings. The van der Waals surface area contributed by atoms with Gasteiger partial charge in [-0.3, -0.25) is 0 Å². The molecule has 0 saturated carbocycles. The van der Waals surface area contributed by atoms with Crippen molar-refractivity contribution < 1.29 is 8.42 Å². The molecule has 2 N–H and O–H groups in total. The Labute approximate surface area is 101 Å². The number of piperazine rings is 1. The van der Waals surface area contributed by atoms with Crippen molar-refractivity contribution in [2.45, 2.75) is 4.90 Å². The Kier molecular flexibility index (Phi) is 3.60. The maximum Gasteiger partial charge on any atom is 0.243 e. The molecular formula is C10H16N4O2S. The van der Waals surface area contributed by atoms with Gasteiger partial charge in [0, 0.05) is 32.4 Å². The molecule has 1 aromatic heterocycles. The van der Waals surface area contributed by atoms with Crippen LogP contribution < -0.4 is 14.9 Å². The summed E-state index contributed by atoms with van der Waals surface area (Å²) in [5.74, 6) is 0.531. The highest BCUT2D eigenvalue weighted by molar-refractivity contribution is 7.89. The van der Waals surface area contributed by atoms with Gasteiger partial charge in [-0.05, 0) is 19.2 Å². The minimum Gasteiger partial charge on any atom is -0.353 e. The van der Waals surface area contributed by atoms with E-state index < -0.39 is 10.0 Å². The molecule has 0 aromatic carbocycles. The molecule has 7 heteroatoms. The van der Waals surface area contributed by atoms with Gasteiger partial charge in [-0.25, -0.2) is 18.1 Å². The Morgan fingerprint density at radius 3 is 2.76 bits per heavy atom. The number of anilines is 1. The smallest absolute Gasteiger partial charge is 0.243 e. The molecule has 0 amide bonds. The Morgan fingerprint density at radius 2 is 2.12 bits per heavy atom. The topological polar surface area (TPSA) is 74.3 Å². The van der Waals surface area contributed by atoms with Gasteiger partial charge >= 0.3 is 0 Å². The van der Waals surface area contributed by atoms with Gasteiger partial charge in [0.1, 0.15) is 10.7 Å². The zero-order chi connectivity index (χ0) is 12.3. The molecule has 17 heavy (non-hydrogen) atoms. The van der Waals surface area contributed by atoms with Crippen molar-refractivity contribution in [2.24, 2.45) is 0 Å². The minimum atomic E-state index is -3.45. The number of nitrogens with one attached hydrogen (secondary N) is 2. The second-order valence-corrected chi connectivity index (χ2v) is 5.62. The first-order chi connectivity index (χ1) is 8.15. The summed E-state index contributed by atoms with van der Waals surface area (Å²) in [5.41, 5.74) is 0. The van der Waals surface area contributed by atoms with E-state index in [1.165, 1.54) is 7.05 Å². The van der Waals surface area contributed by atoms with E-state index in [1.54, 1.807) is 18.3 Å². The highest BCUT2D eigenvalue weighted by Gasteiger charge is 2.22. The molecule has 0 bridgehead atoms. The average molecular weight is 256 g/mol. The van der Waals surface area contributed by atoms with Crippen molar-refractivity contribution in [3.8, 4) is 0 Å². The third-order valence-corrected chi connectivity index (χ3v) is 4.16. The van der Waals surface area contributed by atoms with Crippen LogP contribution >= 0.6 is 0 Å². The SMILES string of the molecule is CNS(=O)(=O)c1cccnc1N1CCNCC1. The van der Waals surface area contributed by atoms with Crippen molar-refractivity contribution in [3.63, 3.8) is 0 Å². The van der Waals surface area contributed by atoms with E-state index in [-0.39, 0.29) is 4.90 Å². The van der Waals surface area contributed by atoms with Gasteiger partial charge in [0.05, 0.1) is 0 Å². The molecule has 0 atom stereocenters. The fourth-order valence-corrected chi connectivity index (χ4v) is 2.72. The van der Waals surface area contributed by atoms with Crippen molar-refractivity contribution in [1.82, 2.24) is 15.0 Å². The third-order valence-electron chi connectivity index (χ3n) is 2.73. The zero-order valence-electron chi connectivity index (χ0n) is 9.68. The molecule has 1 aliphatic rings. The van der Waals surface area contributed by atoms with Gasteiger partial charge in [0.15, 0.2) is 0 Å². The Morgan fingerprint density at radius 1 is 1.41 bits per heavy atom. The van der Waals surface area contributed by atoms with Crippen LogP contribution in [-0.4, -0.2) is 46.6 Å². The number of pyridine rings is 1. The molecule has 0 spiro atoms. The van der Waals surface area contributed by atoms with Crippen LogP contribution in [0.3, 0.4) is 0 Å². The summed E-state index contributed by atoms with van der Waals surface area (Å²) in [4.78, 5) is 6.42. The lowest BCUT2D eigenvalue weighted by molar-refractivity contribution is 0.572. The first kappa shape index (κ1) is 12.3. The molecular weight excluding hydrogens is 240 g/mol. The van der Waals surface area contributed by atoms with Crippen LogP contribution in [0.1, 0.15) is 0 Å². The maximum atomic E-state index is 11.9. The number of nitrogens with zero attached hydrogens (tertiary/aromatic N) is 2. The van der Waals surface area contributed by atoms with E-state index in [4.69, 9.17) is 0 Å². The van der Waals surface area contributed by atoms with Gasteiger partial charge in [-0.15, -0.1) is 0 Å². The molecule has 6 nitrogen and oxygen atoms in total. The zero-order valence-corrected chi connectivity index (χ0v) is 10.5. The Bertz CT molecular complexity index is 483. The molecule has 0 radical (unpaired) electrons. The summed E-state index contributed by atoms with van der Waals surface area (Å²) in [6.07, 6.45) is 1.62. The van der Waals surface area contributed by atoms with Gasteiger partial charge in [0.2, 0.25) is 10.0 Å². The largest absolute Gasteiger partial charge is 0.353 e. The van der Waals surface area contributed by atoms with E-state index >= 15 is 0 Å². The normalized spacial score (nSPS) is 17.1. The van der Waals surface area contributed by atoms with Gasteiger partial charge in [-0.2, -0.15) is 0 Å². The quantitative estimate of drug-likeness (QED) is 0.755. The summed E-state index contributed by atoms with van der Waals surface area (Å²) < 4.78 is 26.1. The number of hydrogen-bond donors (Lipinski definition) is 2. The summed E-state index contributed by atoms with van der Waals surface area (Å²) in [5, 5.41) is 3.22. The third kappa shape index (κ3) is 2.56. The highest BCUT2D eigenvalue weighted by atomic mass is 32.2. The number of aromatic nitrogens is 1. The second kappa shape index (κ2) is 4.99. The second-order valence-electron chi connectivity index (χ2n) is 3.77. The molecule has 2 rings (SSSR count). The van der Waals surface area contributed by atoms with Crippen molar-refractivity contribution in [3.05, 3.63) is 18.3 Å². The van der Waals surface area contributed by atoms with Crippen molar-refractivity contribution >= 4 is 15.8 Å². The average Bonchev–Trinajstić information content (AvgIpc) is 2.40. The molecule has 0 aliphatic carbocycles. The summed E-state index contributed by atoms with van der Waals surface area (Å²) in [6.45, 7) is 3.22. The maximum absolute atomic E-state index is 11.9. The first-order valence-electron chi connectivity index (χ1n) is 5.49. The van der Waals surface area contributed by atoms with E-state index in [2.05, 4.69) is 15.0 Å². The van der Waals surface area contributed by atoms with Crippen molar-refractivity contribution in [2.75, 3.05) is 38.1 Å². The first-order valence-corrected chi connectivity index (χ1v) is 6.98. The highest BCUT2D eigenvalue weighted by Crippen LogP contribution is 2.21. The minimum absolute atomic E-state index is 0.240. The Hall–Kier alpha value is -1.18. The molecule has 1 aliphatic heterocycles. The fourth-order valence-electron chi connectivity index (χ4n) is 1.82. The molecule has 1 aromatic rings. The van der Waals surface area contributed by atoms with Crippen LogP contribution in [0.15, 0.2) is 23.2 Å². The fraction of sp³-hybridized carbons (Fsp3) is 0.500. The van der Waals surface area contributed by atoms with Crippen LogP contribution in [0.25, 0.3) is 0 Å². The van der Waals surface area contributed by atoms with E-state index in [9.17, 15) is 8.42 Å². The van der Waals surface area contributed by atoms with Crippen LogP contribution in [0, 0.1) is 0 Å². The standard InChI is InChI=1S/C10H16N4O2S/c1-11-17(15,16)9-3-2-4-13-10(9)14-7-5-12-6-8-14/h2-4,11-12H,5-8H2,1H3. The predicted molar refractivity (Wildman–Crippen MR) is 65.6 cm³/mol. The summed E-state index contributed by atoms with van der Waals surface area (Å²) in [7, 11) is -2.05. The number of hydrogen-bond acceptors (Lipinski definition) is 5. The lowest BCUT2D eigenvalue weighted by Gasteiger charge is -2.29. The van der Waals surface area contributed by atoms with Crippen LogP contribution in [-0.2, 0) is 10.0 Å². The van der Waals surface area contributed by atoms with Crippen LogP contribution in [0.5, 0.6) is 0 Å². The van der Waals surface area contributed by atoms with Crippen LogP contribution in [0.2, 0.25) is 0 Å². The van der Waals surface area contributed by atoms with Crippen molar-refractivity contribution in [1.29, 1.82) is 0 Å².